The molecule has 0 amide bonds. The molecule has 0 radical (unpaired) electrons. The molecule has 1 saturated heterocycles. The van der Waals surface area contributed by atoms with Gasteiger partial charge in [-0.2, -0.15) is 4.31 Å². The van der Waals surface area contributed by atoms with Crippen LogP contribution in [0.2, 0.25) is 0 Å². The highest BCUT2D eigenvalue weighted by Gasteiger charge is 2.28. The van der Waals surface area contributed by atoms with Crippen LogP contribution in [-0.2, 0) is 14.8 Å². The SMILES string of the molecule is COC[C@@H](C)NC(=S)Nc1cc(S(=O)(=O)N2CCCC2)ccc1OC. The Morgan fingerprint density at radius 1 is 1.32 bits per heavy atom. The standard InChI is InChI=1S/C16H25N3O4S2/c1-12(11-22-2)17-16(24)18-14-10-13(6-7-15(14)23-3)25(20,21)19-8-4-5-9-19/h6-7,10,12H,4-5,8-9,11H2,1-3H3,(H2,17,18,24)/t12-/m1/s1. The lowest BCUT2D eigenvalue weighted by molar-refractivity contribution is 0.179. The summed E-state index contributed by atoms with van der Waals surface area (Å²) in [6.07, 6.45) is 1.79. The molecule has 0 aliphatic carbocycles. The summed E-state index contributed by atoms with van der Waals surface area (Å²) in [7, 11) is -0.357. The van der Waals surface area contributed by atoms with Gasteiger partial charge in [0, 0.05) is 26.2 Å². The van der Waals surface area contributed by atoms with Crippen molar-refractivity contribution < 1.29 is 17.9 Å². The molecule has 140 valence electrons. The van der Waals surface area contributed by atoms with E-state index in [0.717, 1.165) is 12.8 Å². The predicted molar refractivity (Wildman–Crippen MR) is 102 cm³/mol. The molecule has 7 nitrogen and oxygen atoms in total. The van der Waals surface area contributed by atoms with Gasteiger partial charge >= 0.3 is 0 Å². The number of thiocarbonyl (C=S) groups is 1. The monoisotopic (exact) mass is 387 g/mol. The third kappa shape index (κ3) is 5.04. The third-order valence-corrected chi connectivity index (χ3v) is 6.03. The summed E-state index contributed by atoms with van der Waals surface area (Å²) in [6.45, 7) is 3.56. The van der Waals surface area contributed by atoms with E-state index in [4.69, 9.17) is 21.7 Å². The maximum absolute atomic E-state index is 12.7. The second-order valence-corrected chi connectivity index (χ2v) is 8.27. The third-order valence-electron chi connectivity index (χ3n) is 3.92. The van der Waals surface area contributed by atoms with E-state index in [2.05, 4.69) is 10.6 Å². The predicted octanol–water partition coefficient (Wildman–Crippen LogP) is 1.80. The molecular weight excluding hydrogens is 362 g/mol. The smallest absolute Gasteiger partial charge is 0.243 e. The number of methoxy groups -OCH3 is 2. The van der Waals surface area contributed by atoms with Gasteiger partial charge in [-0.05, 0) is 50.2 Å². The number of sulfonamides is 1. The van der Waals surface area contributed by atoms with E-state index in [1.807, 2.05) is 6.92 Å². The zero-order valence-electron chi connectivity index (χ0n) is 14.7. The number of hydrogen-bond acceptors (Lipinski definition) is 5. The molecule has 1 aliphatic rings. The maximum Gasteiger partial charge on any atom is 0.243 e. The molecule has 1 heterocycles. The van der Waals surface area contributed by atoms with Gasteiger partial charge in [-0.15, -0.1) is 0 Å². The van der Waals surface area contributed by atoms with Gasteiger partial charge in [0.05, 0.1) is 24.3 Å². The first-order valence-corrected chi connectivity index (χ1v) is 9.98. The molecule has 0 unspecified atom stereocenters. The van der Waals surface area contributed by atoms with Crippen LogP contribution in [0.4, 0.5) is 5.69 Å². The van der Waals surface area contributed by atoms with Gasteiger partial charge in [0.15, 0.2) is 5.11 Å². The summed E-state index contributed by atoms with van der Waals surface area (Å²) in [5.41, 5.74) is 0.505. The summed E-state index contributed by atoms with van der Waals surface area (Å²) in [6, 6.07) is 4.77. The summed E-state index contributed by atoms with van der Waals surface area (Å²) in [5, 5.41) is 6.46. The first-order chi connectivity index (χ1) is 11.9. The molecule has 0 spiro atoms. The van der Waals surface area contributed by atoms with Gasteiger partial charge < -0.3 is 20.1 Å². The Kier molecular flexibility index (Phi) is 7.00. The minimum Gasteiger partial charge on any atom is -0.495 e. The Morgan fingerprint density at radius 2 is 2.00 bits per heavy atom. The molecule has 0 aromatic heterocycles. The van der Waals surface area contributed by atoms with Crippen molar-refractivity contribution in [2.24, 2.45) is 0 Å². The summed E-state index contributed by atoms with van der Waals surface area (Å²) >= 11 is 5.28. The number of anilines is 1. The number of nitrogens with one attached hydrogen (secondary N) is 2. The Bertz CT molecular complexity index is 703. The lowest BCUT2D eigenvalue weighted by atomic mass is 10.3. The lowest BCUT2D eigenvalue weighted by Gasteiger charge is -2.19. The van der Waals surface area contributed by atoms with Crippen LogP contribution in [-0.4, -0.2) is 57.8 Å². The van der Waals surface area contributed by atoms with Gasteiger partial charge in [0.25, 0.3) is 0 Å². The van der Waals surface area contributed by atoms with Gasteiger partial charge in [-0.3, -0.25) is 0 Å². The van der Waals surface area contributed by atoms with Gasteiger partial charge in [-0.1, -0.05) is 0 Å². The number of benzene rings is 1. The van der Waals surface area contributed by atoms with Gasteiger partial charge in [-0.25, -0.2) is 8.42 Å². The van der Waals surface area contributed by atoms with Crippen LogP contribution in [0.1, 0.15) is 19.8 Å². The van der Waals surface area contributed by atoms with Crippen molar-refractivity contribution in [3.8, 4) is 5.75 Å². The van der Waals surface area contributed by atoms with E-state index in [1.165, 1.54) is 11.4 Å². The molecule has 1 aromatic rings. The van der Waals surface area contributed by atoms with E-state index in [-0.39, 0.29) is 10.9 Å². The Balaban J connectivity index is 2.20. The molecule has 1 aromatic carbocycles. The highest BCUT2D eigenvalue weighted by atomic mass is 32.2. The average Bonchev–Trinajstić information content (AvgIpc) is 3.10. The largest absolute Gasteiger partial charge is 0.495 e. The maximum atomic E-state index is 12.7. The average molecular weight is 388 g/mol. The highest BCUT2D eigenvalue weighted by molar-refractivity contribution is 7.89. The summed E-state index contributed by atoms with van der Waals surface area (Å²) < 4.78 is 37.3. The fourth-order valence-electron chi connectivity index (χ4n) is 2.70. The fourth-order valence-corrected chi connectivity index (χ4v) is 4.55. The second-order valence-electron chi connectivity index (χ2n) is 5.93. The van der Waals surface area contributed by atoms with Crippen molar-refractivity contribution in [1.29, 1.82) is 0 Å². The molecule has 1 atom stereocenters. The van der Waals surface area contributed by atoms with E-state index in [1.54, 1.807) is 25.3 Å². The summed E-state index contributed by atoms with van der Waals surface area (Å²) in [4.78, 5) is 0.227. The molecule has 2 N–H and O–H groups in total. The topological polar surface area (TPSA) is 79.9 Å². The van der Waals surface area contributed by atoms with Gasteiger partial charge in [0.1, 0.15) is 5.75 Å². The van der Waals surface area contributed by atoms with Crippen molar-refractivity contribution in [3.63, 3.8) is 0 Å². The number of rotatable bonds is 7. The first-order valence-electron chi connectivity index (χ1n) is 8.13. The molecule has 2 rings (SSSR count). The van der Waals surface area contributed by atoms with Crippen LogP contribution in [0.5, 0.6) is 5.75 Å². The molecule has 1 aliphatic heterocycles. The van der Waals surface area contributed by atoms with Crippen LogP contribution in [0.25, 0.3) is 0 Å². The van der Waals surface area contributed by atoms with E-state index < -0.39 is 10.0 Å². The molecular formula is C16H25N3O4S2. The normalized spacial score (nSPS) is 16.4. The Morgan fingerprint density at radius 3 is 2.60 bits per heavy atom. The van der Waals surface area contributed by atoms with Crippen LogP contribution in [0, 0.1) is 0 Å². The zero-order chi connectivity index (χ0) is 18.4. The van der Waals surface area contributed by atoms with Crippen LogP contribution >= 0.6 is 12.2 Å². The van der Waals surface area contributed by atoms with Gasteiger partial charge in [0.2, 0.25) is 10.0 Å². The van der Waals surface area contributed by atoms with E-state index in [0.29, 0.717) is 36.2 Å². The molecule has 9 heteroatoms. The first kappa shape index (κ1) is 19.9. The van der Waals surface area contributed by atoms with Crippen molar-refractivity contribution in [2.45, 2.75) is 30.7 Å². The molecule has 1 fully saturated rings. The number of hydrogen-bond donors (Lipinski definition) is 2. The zero-order valence-corrected chi connectivity index (χ0v) is 16.4. The number of ether oxygens (including phenoxy) is 2. The summed E-state index contributed by atoms with van der Waals surface area (Å²) in [5.74, 6) is 0.518. The van der Waals surface area contributed by atoms with Crippen LogP contribution in [0.3, 0.4) is 0 Å². The fraction of sp³-hybridized carbons (Fsp3) is 0.562. The van der Waals surface area contributed by atoms with Crippen molar-refractivity contribution in [2.75, 3.05) is 39.2 Å². The Hall–Kier alpha value is -1.42. The van der Waals surface area contributed by atoms with E-state index in [9.17, 15) is 8.42 Å². The van der Waals surface area contributed by atoms with Crippen molar-refractivity contribution in [1.82, 2.24) is 9.62 Å². The molecule has 0 saturated carbocycles. The molecule has 0 bridgehead atoms. The number of nitrogens with zero attached hydrogens (tertiary/aromatic N) is 1. The highest BCUT2D eigenvalue weighted by Crippen LogP contribution is 2.30. The van der Waals surface area contributed by atoms with Crippen molar-refractivity contribution >= 4 is 33.0 Å². The van der Waals surface area contributed by atoms with E-state index >= 15 is 0 Å². The van der Waals surface area contributed by atoms with Crippen LogP contribution in [0.15, 0.2) is 23.1 Å². The minimum atomic E-state index is -3.50. The lowest BCUT2D eigenvalue weighted by Crippen LogP contribution is -2.38. The minimum absolute atomic E-state index is 0.0208. The Labute approximate surface area is 154 Å². The molecule has 25 heavy (non-hydrogen) atoms. The van der Waals surface area contributed by atoms with Crippen molar-refractivity contribution in [3.05, 3.63) is 18.2 Å². The van der Waals surface area contributed by atoms with Crippen LogP contribution < -0.4 is 15.4 Å². The quantitative estimate of drug-likeness (QED) is 0.691. The second kappa shape index (κ2) is 8.79.